The van der Waals surface area contributed by atoms with Gasteiger partial charge in [-0.25, -0.2) is 0 Å². The van der Waals surface area contributed by atoms with E-state index < -0.39 is 0 Å². The lowest BCUT2D eigenvalue weighted by Crippen LogP contribution is -2.11. The molecule has 304 valence electrons. The van der Waals surface area contributed by atoms with Crippen molar-refractivity contribution < 1.29 is 8.83 Å². The van der Waals surface area contributed by atoms with E-state index in [2.05, 4.69) is 222 Å². The van der Waals surface area contributed by atoms with Gasteiger partial charge in [0.1, 0.15) is 22.3 Å². The normalized spacial score (nSPS) is 12.0. The fourth-order valence-corrected chi connectivity index (χ4v) is 11.5. The average molecular weight is 849 g/mol. The van der Waals surface area contributed by atoms with Crippen LogP contribution in [-0.2, 0) is 0 Å². The maximum atomic E-state index is 7.01. The Hall–Kier alpha value is -8.38. The van der Waals surface area contributed by atoms with Crippen LogP contribution in [0.4, 0.5) is 17.1 Å². The summed E-state index contributed by atoms with van der Waals surface area (Å²) >= 11 is 1.85. The molecule has 0 saturated carbocycles. The molecule has 0 radical (unpaired) electrons. The van der Waals surface area contributed by atoms with Gasteiger partial charge in [-0.05, 0) is 102 Å². The predicted molar refractivity (Wildman–Crippen MR) is 274 cm³/mol. The Morgan fingerprint density at radius 3 is 1.75 bits per heavy atom. The molecule has 14 aromatic rings. The Morgan fingerprint density at radius 1 is 0.369 bits per heavy atom. The molecule has 0 amide bonds. The Balaban J connectivity index is 0.999. The third-order valence-electron chi connectivity index (χ3n) is 13.2. The number of fused-ring (bicyclic) bond motifs is 12. The first-order chi connectivity index (χ1) is 32.2. The van der Waals surface area contributed by atoms with Crippen molar-refractivity contribution >= 4 is 114 Å². The number of para-hydroxylation sites is 4. The van der Waals surface area contributed by atoms with Crippen LogP contribution >= 0.6 is 11.3 Å². The number of nitrogens with zero attached hydrogens (tertiary/aromatic N) is 2. The number of thiophene rings is 1. The van der Waals surface area contributed by atoms with Crippen molar-refractivity contribution in [3.63, 3.8) is 0 Å². The highest BCUT2D eigenvalue weighted by molar-refractivity contribution is 7.25. The number of furan rings is 2. The Morgan fingerprint density at radius 2 is 0.969 bits per heavy atom. The van der Waals surface area contributed by atoms with Crippen molar-refractivity contribution in [3.05, 3.63) is 218 Å². The number of hydrogen-bond acceptors (Lipinski definition) is 4. The standard InChI is InChI=1S/C60H36N2O2S/c1-6-22-48-43(16-1)44-17-2-7-23-49(44)62(48)40-15-11-14-38(36-40)42-34-35-51(59-46-19-4-9-26-53(46)64-60(42)59)61(50-24-13-27-54-58(50)45-18-3-8-25-52(45)63-54)39-32-30-37(31-33-39)41-21-12-29-56-57(41)47-20-5-10-28-55(47)65-56/h1-36H. The topological polar surface area (TPSA) is 34.5 Å². The van der Waals surface area contributed by atoms with Crippen LogP contribution in [0.3, 0.4) is 0 Å². The van der Waals surface area contributed by atoms with Gasteiger partial charge in [0.05, 0.1) is 33.2 Å². The second kappa shape index (κ2) is 14.1. The summed E-state index contributed by atoms with van der Waals surface area (Å²) in [6.07, 6.45) is 0. The highest BCUT2D eigenvalue weighted by Gasteiger charge is 2.25. The van der Waals surface area contributed by atoms with Crippen LogP contribution in [0.15, 0.2) is 227 Å². The molecule has 4 nitrogen and oxygen atoms in total. The minimum atomic E-state index is 0.838. The quantitative estimate of drug-likeness (QED) is 0.167. The highest BCUT2D eigenvalue weighted by Crippen LogP contribution is 2.50. The second-order valence-electron chi connectivity index (χ2n) is 16.8. The maximum absolute atomic E-state index is 7.01. The van der Waals surface area contributed by atoms with Crippen molar-refractivity contribution in [1.82, 2.24) is 4.57 Å². The van der Waals surface area contributed by atoms with Gasteiger partial charge in [0.15, 0.2) is 0 Å². The van der Waals surface area contributed by atoms with Gasteiger partial charge in [-0.3, -0.25) is 0 Å². The number of aromatic nitrogens is 1. The van der Waals surface area contributed by atoms with Crippen molar-refractivity contribution in [3.8, 4) is 27.9 Å². The van der Waals surface area contributed by atoms with Gasteiger partial charge in [-0.15, -0.1) is 11.3 Å². The van der Waals surface area contributed by atoms with Crippen molar-refractivity contribution in [1.29, 1.82) is 0 Å². The van der Waals surface area contributed by atoms with Gasteiger partial charge in [-0.1, -0.05) is 133 Å². The molecule has 5 heteroatoms. The van der Waals surface area contributed by atoms with Gasteiger partial charge in [0.25, 0.3) is 0 Å². The first kappa shape index (κ1) is 36.1. The van der Waals surface area contributed by atoms with E-state index in [9.17, 15) is 0 Å². The van der Waals surface area contributed by atoms with E-state index in [4.69, 9.17) is 8.83 Å². The number of hydrogen-bond donors (Lipinski definition) is 0. The maximum Gasteiger partial charge on any atom is 0.145 e. The summed E-state index contributed by atoms with van der Waals surface area (Å²) in [7, 11) is 0. The molecule has 0 aliphatic carbocycles. The van der Waals surface area contributed by atoms with E-state index in [0.717, 1.165) is 77.8 Å². The summed E-state index contributed by atoms with van der Waals surface area (Å²) in [5, 5.41) is 9.31. The lowest BCUT2D eigenvalue weighted by atomic mass is 9.97. The second-order valence-corrected chi connectivity index (χ2v) is 17.8. The molecule has 0 spiro atoms. The van der Waals surface area contributed by atoms with Gasteiger partial charge in [-0.2, -0.15) is 0 Å². The molecule has 0 bridgehead atoms. The minimum absolute atomic E-state index is 0.838. The molecule has 4 aromatic heterocycles. The fourth-order valence-electron chi connectivity index (χ4n) is 10.4. The highest BCUT2D eigenvalue weighted by atomic mass is 32.1. The van der Waals surface area contributed by atoms with Crippen LogP contribution in [-0.4, -0.2) is 4.57 Å². The molecule has 0 aliphatic rings. The van der Waals surface area contributed by atoms with Gasteiger partial charge in [0.2, 0.25) is 0 Å². The first-order valence-electron chi connectivity index (χ1n) is 22.0. The van der Waals surface area contributed by atoms with E-state index in [0.29, 0.717) is 0 Å². The Kier molecular flexibility index (Phi) is 7.82. The lowest BCUT2D eigenvalue weighted by molar-refractivity contribution is 0.669. The fraction of sp³-hybridized carbons (Fsp3) is 0. The largest absolute Gasteiger partial charge is 0.456 e. The SMILES string of the molecule is c1cc(-c2ccc(N(c3ccc(-c4cccc5sc6ccccc6c45)cc3)c3cccc4oc5ccccc5c34)c3c2oc2ccccc23)cc(-n2c3ccccc3c3ccccc32)c1. The summed E-state index contributed by atoms with van der Waals surface area (Å²) in [4.78, 5) is 2.40. The summed E-state index contributed by atoms with van der Waals surface area (Å²) in [5.41, 5.74) is 14.4. The van der Waals surface area contributed by atoms with Crippen molar-refractivity contribution in [2.24, 2.45) is 0 Å². The molecule has 0 unspecified atom stereocenters. The van der Waals surface area contributed by atoms with E-state index >= 15 is 0 Å². The molecule has 0 atom stereocenters. The smallest absolute Gasteiger partial charge is 0.145 e. The molecule has 0 fully saturated rings. The number of benzene rings is 10. The molecular weight excluding hydrogens is 813 g/mol. The van der Waals surface area contributed by atoms with Gasteiger partial charge >= 0.3 is 0 Å². The molecule has 10 aromatic carbocycles. The minimum Gasteiger partial charge on any atom is -0.456 e. The van der Waals surface area contributed by atoms with E-state index in [1.165, 1.54) is 53.1 Å². The Bertz CT molecular complexity index is 4150. The lowest BCUT2D eigenvalue weighted by Gasteiger charge is -2.27. The third kappa shape index (κ3) is 5.43. The van der Waals surface area contributed by atoms with E-state index in [1.807, 2.05) is 17.4 Å². The van der Waals surface area contributed by atoms with Crippen molar-refractivity contribution in [2.45, 2.75) is 0 Å². The molecule has 0 saturated heterocycles. The van der Waals surface area contributed by atoms with Gasteiger partial charge < -0.3 is 18.3 Å². The van der Waals surface area contributed by atoms with Crippen molar-refractivity contribution in [2.75, 3.05) is 4.90 Å². The zero-order valence-electron chi connectivity index (χ0n) is 34.9. The molecule has 0 N–H and O–H groups in total. The van der Waals surface area contributed by atoms with E-state index in [-0.39, 0.29) is 0 Å². The predicted octanol–water partition coefficient (Wildman–Crippen LogP) is 17.8. The first-order valence-corrected chi connectivity index (χ1v) is 22.8. The summed E-state index contributed by atoms with van der Waals surface area (Å²) in [5.74, 6) is 0. The summed E-state index contributed by atoms with van der Waals surface area (Å²) in [6.45, 7) is 0. The molecule has 65 heavy (non-hydrogen) atoms. The zero-order valence-corrected chi connectivity index (χ0v) is 35.7. The zero-order chi connectivity index (χ0) is 42.6. The van der Waals surface area contributed by atoms with Gasteiger partial charge in [0, 0.05) is 58.7 Å². The third-order valence-corrected chi connectivity index (χ3v) is 14.3. The van der Waals surface area contributed by atoms with Crippen LogP contribution in [0.5, 0.6) is 0 Å². The number of rotatable bonds is 6. The number of anilines is 3. The monoisotopic (exact) mass is 848 g/mol. The van der Waals surface area contributed by atoms with Crippen LogP contribution in [0, 0.1) is 0 Å². The molecule has 0 aliphatic heterocycles. The molecule has 14 rings (SSSR count). The van der Waals surface area contributed by atoms with Crippen LogP contribution in [0.25, 0.3) is 114 Å². The van der Waals surface area contributed by atoms with E-state index in [1.54, 1.807) is 0 Å². The van der Waals surface area contributed by atoms with Crippen LogP contribution < -0.4 is 4.90 Å². The molecule has 4 heterocycles. The average Bonchev–Trinajstić information content (AvgIpc) is 4.14. The Labute approximate surface area is 377 Å². The summed E-state index contributed by atoms with van der Waals surface area (Å²) < 4.78 is 18.5. The summed E-state index contributed by atoms with van der Waals surface area (Å²) in [6, 6.07) is 78.3. The van der Waals surface area contributed by atoms with Crippen LogP contribution in [0.1, 0.15) is 0 Å². The van der Waals surface area contributed by atoms with Crippen LogP contribution in [0.2, 0.25) is 0 Å². The molecular formula is C60H36N2O2S.